The summed E-state index contributed by atoms with van der Waals surface area (Å²) in [5, 5.41) is 0. The minimum atomic E-state index is -0.287. The van der Waals surface area contributed by atoms with Crippen LogP contribution in [0.3, 0.4) is 0 Å². The van der Waals surface area contributed by atoms with Crippen LogP contribution in [-0.4, -0.2) is 29.7 Å². The van der Waals surface area contributed by atoms with E-state index in [0.29, 0.717) is 10.9 Å². The fourth-order valence-electron chi connectivity index (χ4n) is 3.64. The maximum atomic E-state index is 12.1. The van der Waals surface area contributed by atoms with Gasteiger partial charge in [0.1, 0.15) is 22.9 Å². The summed E-state index contributed by atoms with van der Waals surface area (Å²) in [5.41, 5.74) is -0.287. The normalized spacial score (nSPS) is 21.2. The van der Waals surface area contributed by atoms with Crippen molar-refractivity contribution in [1.29, 1.82) is 0 Å². The van der Waals surface area contributed by atoms with Crippen molar-refractivity contribution in [3.63, 3.8) is 0 Å². The number of carbonyl (C=O) groups excluding carboxylic acids is 1. The predicted molar refractivity (Wildman–Crippen MR) is 98.7 cm³/mol. The smallest absolute Gasteiger partial charge is 0.344 e. The quantitative estimate of drug-likeness (QED) is 0.580. The van der Waals surface area contributed by atoms with Gasteiger partial charge in [0.25, 0.3) is 0 Å². The Kier molecular flexibility index (Phi) is 6.09. The second kappa shape index (κ2) is 8.28. The Labute approximate surface area is 148 Å². The zero-order chi connectivity index (χ0) is 16.8. The minimum absolute atomic E-state index is 0.000646. The van der Waals surface area contributed by atoms with Gasteiger partial charge in [0, 0.05) is 10.9 Å². The van der Waals surface area contributed by atoms with E-state index < -0.39 is 0 Å². The SMILES string of the molecule is CC1(OC(=O)COc2ccc([S+]3CCCCC3)cc2)CCCCC1. The first-order valence-electron chi connectivity index (χ1n) is 9.27. The lowest BCUT2D eigenvalue weighted by Crippen LogP contribution is -2.35. The summed E-state index contributed by atoms with van der Waals surface area (Å²) in [4.78, 5) is 13.5. The summed E-state index contributed by atoms with van der Waals surface area (Å²) < 4.78 is 11.3. The van der Waals surface area contributed by atoms with E-state index in [-0.39, 0.29) is 18.2 Å². The first-order valence-corrected chi connectivity index (χ1v) is 10.8. The molecular weight excluding hydrogens is 320 g/mol. The van der Waals surface area contributed by atoms with Crippen molar-refractivity contribution in [2.24, 2.45) is 0 Å². The molecule has 1 heterocycles. The van der Waals surface area contributed by atoms with Gasteiger partial charge in [0.05, 0.1) is 0 Å². The van der Waals surface area contributed by atoms with E-state index in [9.17, 15) is 4.79 Å². The highest BCUT2D eigenvalue weighted by molar-refractivity contribution is 7.96. The van der Waals surface area contributed by atoms with Crippen LogP contribution < -0.4 is 4.74 Å². The summed E-state index contributed by atoms with van der Waals surface area (Å²) in [7, 11) is 0.413. The van der Waals surface area contributed by atoms with Gasteiger partial charge in [-0.1, -0.05) is 6.42 Å². The lowest BCUT2D eigenvalue weighted by Gasteiger charge is -2.33. The Hall–Kier alpha value is -1.16. The van der Waals surface area contributed by atoms with E-state index >= 15 is 0 Å². The van der Waals surface area contributed by atoms with Crippen molar-refractivity contribution < 1.29 is 14.3 Å². The van der Waals surface area contributed by atoms with Crippen molar-refractivity contribution in [3.05, 3.63) is 24.3 Å². The molecule has 0 aromatic heterocycles. The van der Waals surface area contributed by atoms with E-state index in [1.807, 2.05) is 19.1 Å². The molecule has 132 valence electrons. The van der Waals surface area contributed by atoms with Gasteiger partial charge in [-0.2, -0.15) is 0 Å². The van der Waals surface area contributed by atoms with Crippen molar-refractivity contribution in [3.8, 4) is 5.75 Å². The van der Waals surface area contributed by atoms with Crippen LogP contribution in [0.4, 0.5) is 0 Å². The van der Waals surface area contributed by atoms with Crippen LogP contribution in [0.25, 0.3) is 0 Å². The summed E-state index contributed by atoms with van der Waals surface area (Å²) in [6.45, 7) is 2.05. The molecule has 0 radical (unpaired) electrons. The summed E-state index contributed by atoms with van der Waals surface area (Å²) >= 11 is 0. The number of benzene rings is 1. The number of carbonyl (C=O) groups is 1. The van der Waals surface area contributed by atoms with E-state index in [0.717, 1.165) is 31.4 Å². The second-order valence-corrected chi connectivity index (χ2v) is 9.48. The van der Waals surface area contributed by atoms with Crippen LogP contribution >= 0.6 is 0 Å². The lowest BCUT2D eigenvalue weighted by molar-refractivity contribution is -0.163. The molecule has 0 N–H and O–H groups in total. The van der Waals surface area contributed by atoms with E-state index in [1.54, 1.807) is 0 Å². The van der Waals surface area contributed by atoms with Crippen LogP contribution in [0.15, 0.2) is 29.2 Å². The summed E-state index contributed by atoms with van der Waals surface area (Å²) in [5.74, 6) is 3.15. The molecule has 0 unspecified atom stereocenters. The van der Waals surface area contributed by atoms with Crippen LogP contribution in [0.2, 0.25) is 0 Å². The standard InChI is InChI=1S/C20H29O3S/c1-20(12-4-2-5-13-20)23-19(21)16-22-17-8-10-18(11-9-17)24-14-6-3-7-15-24/h8-11H,2-7,12-16H2,1H3/q+1. The molecule has 3 nitrogen and oxygen atoms in total. The molecule has 0 spiro atoms. The molecule has 1 aromatic rings. The molecular formula is C20H29O3S+. The van der Waals surface area contributed by atoms with Gasteiger partial charge < -0.3 is 9.47 Å². The molecule has 2 aliphatic rings. The highest BCUT2D eigenvalue weighted by Crippen LogP contribution is 2.31. The number of ether oxygens (including phenoxy) is 2. The largest absolute Gasteiger partial charge is 0.482 e. The number of esters is 1. The molecule has 1 aliphatic carbocycles. The molecule has 3 rings (SSSR count). The van der Waals surface area contributed by atoms with E-state index in [2.05, 4.69) is 12.1 Å². The monoisotopic (exact) mass is 349 g/mol. The Morgan fingerprint density at radius 2 is 1.62 bits per heavy atom. The zero-order valence-electron chi connectivity index (χ0n) is 14.7. The Balaban J connectivity index is 1.46. The third-order valence-electron chi connectivity index (χ3n) is 5.07. The zero-order valence-corrected chi connectivity index (χ0v) is 15.5. The fraction of sp³-hybridized carbons (Fsp3) is 0.650. The topological polar surface area (TPSA) is 35.5 Å². The molecule has 1 aromatic carbocycles. The van der Waals surface area contributed by atoms with Gasteiger partial charge in [-0.15, -0.1) is 0 Å². The average molecular weight is 350 g/mol. The summed E-state index contributed by atoms with van der Waals surface area (Å²) in [6.07, 6.45) is 9.56. The Morgan fingerprint density at radius 1 is 1.00 bits per heavy atom. The predicted octanol–water partition coefficient (Wildman–Crippen LogP) is 4.49. The lowest BCUT2D eigenvalue weighted by atomic mass is 9.86. The summed E-state index contributed by atoms with van der Waals surface area (Å²) in [6, 6.07) is 8.31. The molecule has 4 heteroatoms. The van der Waals surface area contributed by atoms with Crippen LogP contribution in [0.1, 0.15) is 58.3 Å². The highest BCUT2D eigenvalue weighted by Gasteiger charge is 2.30. The minimum Gasteiger partial charge on any atom is -0.482 e. The number of rotatable bonds is 5. The van der Waals surface area contributed by atoms with Gasteiger partial charge in [0.2, 0.25) is 0 Å². The Bertz CT molecular complexity index is 528. The third-order valence-corrected chi connectivity index (χ3v) is 7.57. The maximum Gasteiger partial charge on any atom is 0.344 e. The van der Waals surface area contributed by atoms with Crippen LogP contribution in [-0.2, 0) is 20.4 Å². The van der Waals surface area contributed by atoms with Gasteiger partial charge in [-0.25, -0.2) is 4.79 Å². The third kappa shape index (κ3) is 4.92. The van der Waals surface area contributed by atoms with Gasteiger partial charge in [-0.3, -0.25) is 0 Å². The molecule has 0 bridgehead atoms. The van der Waals surface area contributed by atoms with Crippen molar-refractivity contribution in [1.82, 2.24) is 0 Å². The maximum absolute atomic E-state index is 12.1. The first-order chi connectivity index (χ1) is 11.6. The molecule has 1 saturated carbocycles. The van der Waals surface area contributed by atoms with Crippen molar-refractivity contribution in [2.45, 2.75) is 68.8 Å². The Morgan fingerprint density at radius 3 is 2.29 bits per heavy atom. The molecule has 1 aliphatic heterocycles. The molecule has 0 atom stereocenters. The number of hydrogen-bond acceptors (Lipinski definition) is 3. The first kappa shape index (κ1) is 17.7. The molecule has 1 saturated heterocycles. The van der Waals surface area contributed by atoms with Crippen LogP contribution in [0, 0.1) is 0 Å². The number of hydrogen-bond donors (Lipinski definition) is 0. The molecule has 0 amide bonds. The second-order valence-electron chi connectivity index (χ2n) is 7.21. The molecule has 24 heavy (non-hydrogen) atoms. The van der Waals surface area contributed by atoms with Crippen molar-refractivity contribution in [2.75, 3.05) is 18.1 Å². The van der Waals surface area contributed by atoms with Gasteiger partial charge in [0.15, 0.2) is 11.5 Å². The highest BCUT2D eigenvalue weighted by atomic mass is 32.2. The van der Waals surface area contributed by atoms with E-state index in [4.69, 9.17) is 9.47 Å². The van der Waals surface area contributed by atoms with Crippen LogP contribution in [0.5, 0.6) is 5.75 Å². The fourth-order valence-corrected chi connectivity index (χ4v) is 5.95. The van der Waals surface area contributed by atoms with Gasteiger partial charge >= 0.3 is 5.97 Å². The average Bonchev–Trinajstić information content (AvgIpc) is 2.61. The van der Waals surface area contributed by atoms with E-state index in [1.165, 1.54) is 42.1 Å². The molecule has 2 fully saturated rings. The van der Waals surface area contributed by atoms with Crippen molar-refractivity contribution >= 4 is 16.9 Å². The van der Waals surface area contributed by atoms with Gasteiger partial charge in [-0.05, 0) is 76.1 Å².